The largest absolute Gasteiger partial charge is 0.411 e. The zero-order valence-corrected chi connectivity index (χ0v) is 14.7. The molecule has 0 aliphatic heterocycles. The SMILES string of the molecule is Cc1ccccc1-c1nnc(SCC(=O)Nc2ccc(Cl)cc2F)o1. The van der Waals surface area contributed by atoms with Gasteiger partial charge in [-0.3, -0.25) is 4.79 Å². The molecule has 0 aliphatic carbocycles. The molecule has 0 bridgehead atoms. The molecule has 0 spiro atoms. The maximum Gasteiger partial charge on any atom is 0.277 e. The maximum absolute atomic E-state index is 13.7. The van der Waals surface area contributed by atoms with Crippen LogP contribution < -0.4 is 5.32 Å². The quantitative estimate of drug-likeness (QED) is 0.660. The van der Waals surface area contributed by atoms with Crippen LogP contribution in [0.15, 0.2) is 52.1 Å². The minimum atomic E-state index is -0.592. The van der Waals surface area contributed by atoms with Crippen molar-refractivity contribution in [1.29, 1.82) is 0 Å². The molecule has 0 saturated heterocycles. The highest BCUT2D eigenvalue weighted by atomic mass is 35.5. The summed E-state index contributed by atoms with van der Waals surface area (Å²) in [7, 11) is 0. The lowest BCUT2D eigenvalue weighted by Gasteiger charge is -2.05. The Morgan fingerprint density at radius 2 is 2.08 bits per heavy atom. The minimum Gasteiger partial charge on any atom is -0.411 e. The fourth-order valence-corrected chi connectivity index (χ4v) is 2.82. The van der Waals surface area contributed by atoms with Gasteiger partial charge in [0.25, 0.3) is 5.22 Å². The van der Waals surface area contributed by atoms with Crippen molar-refractivity contribution in [3.8, 4) is 11.5 Å². The molecular formula is C17H13ClFN3O2S. The molecule has 0 atom stereocenters. The van der Waals surface area contributed by atoms with E-state index >= 15 is 0 Å². The van der Waals surface area contributed by atoms with E-state index in [1.54, 1.807) is 0 Å². The summed E-state index contributed by atoms with van der Waals surface area (Å²) in [5.41, 5.74) is 1.93. The molecule has 2 aromatic carbocycles. The molecule has 1 aromatic heterocycles. The molecule has 0 aliphatic rings. The Morgan fingerprint density at radius 1 is 1.28 bits per heavy atom. The average molecular weight is 378 g/mol. The number of aromatic nitrogens is 2. The smallest absolute Gasteiger partial charge is 0.277 e. The van der Waals surface area contributed by atoms with Gasteiger partial charge in [0, 0.05) is 10.6 Å². The summed E-state index contributed by atoms with van der Waals surface area (Å²) in [5.74, 6) is -0.575. The van der Waals surface area contributed by atoms with E-state index in [-0.39, 0.29) is 27.6 Å². The van der Waals surface area contributed by atoms with E-state index in [1.807, 2.05) is 31.2 Å². The molecule has 0 fully saturated rings. The molecule has 3 aromatic rings. The number of benzene rings is 2. The van der Waals surface area contributed by atoms with Crippen LogP contribution in [0.25, 0.3) is 11.5 Å². The summed E-state index contributed by atoms with van der Waals surface area (Å²) in [5, 5.41) is 10.9. The van der Waals surface area contributed by atoms with Crippen molar-refractivity contribution in [2.75, 3.05) is 11.1 Å². The maximum atomic E-state index is 13.7. The first-order valence-electron chi connectivity index (χ1n) is 7.30. The summed E-state index contributed by atoms with van der Waals surface area (Å²) >= 11 is 6.75. The summed E-state index contributed by atoms with van der Waals surface area (Å²) in [6, 6.07) is 11.7. The predicted octanol–water partition coefficient (Wildman–Crippen LogP) is 4.57. The Bertz CT molecular complexity index is 916. The molecule has 0 radical (unpaired) electrons. The Balaban J connectivity index is 1.60. The van der Waals surface area contributed by atoms with E-state index < -0.39 is 5.82 Å². The van der Waals surface area contributed by atoms with Crippen molar-refractivity contribution in [2.24, 2.45) is 0 Å². The second-order valence-electron chi connectivity index (χ2n) is 5.15. The van der Waals surface area contributed by atoms with Crippen LogP contribution in [0.3, 0.4) is 0 Å². The Hall–Kier alpha value is -2.38. The zero-order valence-electron chi connectivity index (χ0n) is 13.1. The molecule has 5 nitrogen and oxygen atoms in total. The van der Waals surface area contributed by atoms with Crippen molar-refractivity contribution in [1.82, 2.24) is 10.2 Å². The van der Waals surface area contributed by atoms with Gasteiger partial charge in [-0.15, -0.1) is 10.2 Å². The number of hydrogen-bond donors (Lipinski definition) is 1. The predicted molar refractivity (Wildman–Crippen MR) is 95.2 cm³/mol. The number of halogens is 2. The van der Waals surface area contributed by atoms with Gasteiger partial charge in [-0.05, 0) is 36.8 Å². The van der Waals surface area contributed by atoms with Crippen molar-refractivity contribution >= 4 is 35.0 Å². The number of hydrogen-bond acceptors (Lipinski definition) is 5. The zero-order chi connectivity index (χ0) is 17.8. The molecule has 1 heterocycles. The van der Waals surface area contributed by atoms with Gasteiger partial charge in [-0.1, -0.05) is 41.6 Å². The van der Waals surface area contributed by atoms with Crippen LogP contribution in [0.5, 0.6) is 0 Å². The lowest BCUT2D eigenvalue weighted by molar-refractivity contribution is -0.113. The fraction of sp³-hybridized carbons (Fsp3) is 0.118. The first-order valence-corrected chi connectivity index (χ1v) is 8.66. The highest BCUT2D eigenvalue weighted by molar-refractivity contribution is 7.99. The number of nitrogens with one attached hydrogen (secondary N) is 1. The lowest BCUT2D eigenvalue weighted by Crippen LogP contribution is -2.15. The lowest BCUT2D eigenvalue weighted by atomic mass is 10.1. The Morgan fingerprint density at radius 3 is 2.84 bits per heavy atom. The Labute approximate surface area is 152 Å². The van der Waals surface area contributed by atoms with Crippen molar-refractivity contribution < 1.29 is 13.6 Å². The fourth-order valence-electron chi connectivity index (χ4n) is 2.09. The number of amides is 1. The summed E-state index contributed by atoms with van der Waals surface area (Å²) < 4.78 is 19.2. The number of carbonyl (C=O) groups excluding carboxylic acids is 1. The van der Waals surface area contributed by atoms with Crippen LogP contribution >= 0.6 is 23.4 Å². The monoisotopic (exact) mass is 377 g/mol. The molecule has 128 valence electrons. The van der Waals surface area contributed by atoms with Gasteiger partial charge in [0.2, 0.25) is 11.8 Å². The highest BCUT2D eigenvalue weighted by Crippen LogP contribution is 2.26. The van der Waals surface area contributed by atoms with Crippen LogP contribution in [-0.4, -0.2) is 21.9 Å². The van der Waals surface area contributed by atoms with Gasteiger partial charge < -0.3 is 9.73 Å². The number of thioether (sulfide) groups is 1. The second kappa shape index (κ2) is 7.67. The third-order valence-electron chi connectivity index (χ3n) is 3.31. The van der Waals surface area contributed by atoms with Crippen LogP contribution in [0, 0.1) is 12.7 Å². The van der Waals surface area contributed by atoms with Crippen molar-refractivity contribution in [2.45, 2.75) is 12.1 Å². The van der Waals surface area contributed by atoms with Crippen LogP contribution in [-0.2, 0) is 4.79 Å². The molecule has 0 unspecified atom stereocenters. The van der Waals surface area contributed by atoms with Crippen molar-refractivity contribution in [3.05, 3.63) is 58.9 Å². The number of anilines is 1. The van der Waals surface area contributed by atoms with E-state index in [2.05, 4.69) is 15.5 Å². The third kappa shape index (κ3) is 4.37. The highest BCUT2D eigenvalue weighted by Gasteiger charge is 2.13. The van der Waals surface area contributed by atoms with E-state index in [4.69, 9.17) is 16.0 Å². The van der Waals surface area contributed by atoms with Crippen molar-refractivity contribution in [3.63, 3.8) is 0 Å². The van der Waals surface area contributed by atoms with Gasteiger partial charge in [0.1, 0.15) is 5.82 Å². The van der Waals surface area contributed by atoms with Gasteiger partial charge in [0.05, 0.1) is 11.4 Å². The number of aryl methyl sites for hydroxylation is 1. The number of carbonyl (C=O) groups is 1. The summed E-state index contributed by atoms with van der Waals surface area (Å²) in [6.07, 6.45) is 0. The Kier molecular flexibility index (Phi) is 5.35. The number of nitrogens with zero attached hydrogens (tertiary/aromatic N) is 2. The normalized spacial score (nSPS) is 10.7. The molecule has 8 heteroatoms. The van der Waals surface area contributed by atoms with Gasteiger partial charge >= 0.3 is 0 Å². The standard InChI is InChI=1S/C17H13ClFN3O2S/c1-10-4-2-3-5-12(10)16-21-22-17(24-16)25-9-15(23)20-14-7-6-11(18)8-13(14)19/h2-8H,9H2,1H3,(H,20,23). The molecule has 3 rings (SSSR count). The first kappa shape index (κ1) is 17.4. The summed E-state index contributed by atoms with van der Waals surface area (Å²) in [4.78, 5) is 11.9. The van der Waals surface area contributed by atoms with Crippen LogP contribution in [0.4, 0.5) is 10.1 Å². The van der Waals surface area contributed by atoms with Crippen LogP contribution in [0.1, 0.15) is 5.56 Å². The van der Waals surface area contributed by atoms with E-state index in [1.165, 1.54) is 12.1 Å². The first-order chi connectivity index (χ1) is 12.0. The number of rotatable bonds is 5. The van der Waals surface area contributed by atoms with E-state index in [9.17, 15) is 9.18 Å². The second-order valence-corrected chi connectivity index (χ2v) is 6.51. The minimum absolute atomic E-state index is 0.0114. The molecule has 25 heavy (non-hydrogen) atoms. The van der Waals surface area contributed by atoms with E-state index in [0.29, 0.717) is 5.89 Å². The molecule has 1 N–H and O–H groups in total. The van der Waals surface area contributed by atoms with E-state index in [0.717, 1.165) is 29.0 Å². The van der Waals surface area contributed by atoms with Gasteiger partial charge in [-0.2, -0.15) is 0 Å². The van der Waals surface area contributed by atoms with Gasteiger partial charge in [0.15, 0.2) is 0 Å². The average Bonchev–Trinajstić information content (AvgIpc) is 3.05. The summed E-state index contributed by atoms with van der Waals surface area (Å²) in [6.45, 7) is 1.94. The topological polar surface area (TPSA) is 68.0 Å². The third-order valence-corrected chi connectivity index (χ3v) is 4.37. The van der Waals surface area contributed by atoms with Crippen LogP contribution in [0.2, 0.25) is 5.02 Å². The molecule has 1 amide bonds. The molecular weight excluding hydrogens is 365 g/mol. The molecule has 0 saturated carbocycles. The van der Waals surface area contributed by atoms with Gasteiger partial charge in [-0.25, -0.2) is 4.39 Å².